The molecular formula is C29H34N4O5. The summed E-state index contributed by atoms with van der Waals surface area (Å²) in [6, 6.07) is 13.2. The number of imide groups is 2. The van der Waals surface area contributed by atoms with E-state index in [1.54, 1.807) is 0 Å². The molecule has 2 saturated heterocycles. The molecule has 4 aliphatic rings. The fourth-order valence-corrected chi connectivity index (χ4v) is 6.52. The van der Waals surface area contributed by atoms with Crippen LogP contribution in [0.1, 0.15) is 37.8 Å². The normalized spacial score (nSPS) is 22.2. The number of carbonyl (C=O) groups excluding carboxylic acids is 3. The minimum absolute atomic E-state index is 0.229. The second-order valence-electron chi connectivity index (χ2n) is 10.6. The van der Waals surface area contributed by atoms with Crippen LogP contribution >= 0.6 is 0 Å². The second kappa shape index (κ2) is 9.62. The molecule has 4 amide bonds. The fourth-order valence-electron chi connectivity index (χ4n) is 6.52. The van der Waals surface area contributed by atoms with Gasteiger partial charge in [0, 0.05) is 45.0 Å². The summed E-state index contributed by atoms with van der Waals surface area (Å²) in [5.74, 6) is 0.787. The lowest BCUT2D eigenvalue weighted by atomic mass is 9.67. The lowest BCUT2D eigenvalue weighted by Gasteiger charge is -2.56. The highest BCUT2D eigenvalue weighted by atomic mass is 16.7. The van der Waals surface area contributed by atoms with Crippen molar-refractivity contribution in [1.82, 2.24) is 14.7 Å². The van der Waals surface area contributed by atoms with Crippen molar-refractivity contribution in [2.75, 3.05) is 44.4 Å². The number of carbonyl (C=O) groups is 3. The van der Waals surface area contributed by atoms with E-state index in [0.717, 1.165) is 34.9 Å². The Morgan fingerprint density at radius 2 is 1.61 bits per heavy atom. The van der Waals surface area contributed by atoms with Crippen LogP contribution in [0, 0.1) is 5.41 Å². The van der Waals surface area contributed by atoms with Crippen molar-refractivity contribution in [2.45, 2.75) is 45.7 Å². The summed E-state index contributed by atoms with van der Waals surface area (Å²) >= 11 is 0. The number of rotatable bonds is 6. The van der Waals surface area contributed by atoms with Crippen LogP contribution in [0.25, 0.3) is 0 Å². The smallest absolute Gasteiger partial charge is 0.333 e. The lowest BCUT2D eigenvalue weighted by Crippen LogP contribution is -2.75. The Kier molecular flexibility index (Phi) is 6.26. The molecule has 2 fully saturated rings. The van der Waals surface area contributed by atoms with E-state index in [0.29, 0.717) is 52.0 Å². The second-order valence-corrected chi connectivity index (χ2v) is 10.6. The minimum atomic E-state index is -1.35. The van der Waals surface area contributed by atoms with Gasteiger partial charge >= 0.3 is 6.03 Å². The Balaban J connectivity index is 1.39. The number of fused-ring (bicyclic) bond motifs is 5. The molecule has 4 aliphatic heterocycles. The summed E-state index contributed by atoms with van der Waals surface area (Å²) in [7, 11) is 0. The van der Waals surface area contributed by atoms with Gasteiger partial charge in [-0.3, -0.25) is 24.3 Å². The van der Waals surface area contributed by atoms with Gasteiger partial charge in [0.05, 0.1) is 6.04 Å². The van der Waals surface area contributed by atoms with Crippen LogP contribution in [0.2, 0.25) is 0 Å². The summed E-state index contributed by atoms with van der Waals surface area (Å²) in [5, 5.41) is 0. The number of benzene rings is 2. The Morgan fingerprint density at radius 1 is 0.895 bits per heavy atom. The Morgan fingerprint density at radius 3 is 2.34 bits per heavy atom. The lowest BCUT2D eigenvalue weighted by molar-refractivity contribution is -0.162. The average molecular weight is 519 g/mol. The highest BCUT2D eigenvalue weighted by molar-refractivity contribution is 6.20. The van der Waals surface area contributed by atoms with E-state index >= 15 is 0 Å². The monoisotopic (exact) mass is 518 g/mol. The zero-order valence-electron chi connectivity index (χ0n) is 22.0. The fraction of sp³-hybridized carbons (Fsp3) is 0.483. The third-order valence-electron chi connectivity index (χ3n) is 8.26. The molecule has 4 heterocycles. The molecule has 0 aliphatic carbocycles. The Labute approximate surface area is 222 Å². The first-order chi connectivity index (χ1) is 18.5. The van der Waals surface area contributed by atoms with E-state index in [1.807, 2.05) is 50.2 Å². The van der Waals surface area contributed by atoms with Gasteiger partial charge in [-0.15, -0.1) is 0 Å². The van der Waals surface area contributed by atoms with Crippen molar-refractivity contribution >= 4 is 23.5 Å². The van der Waals surface area contributed by atoms with Crippen LogP contribution in [0.5, 0.6) is 11.5 Å². The molecule has 0 bridgehead atoms. The van der Waals surface area contributed by atoms with Crippen LogP contribution in [-0.4, -0.2) is 78.1 Å². The third kappa shape index (κ3) is 3.74. The standard InChI is InChI=1S/C29H34N4O5/c1-3-11-32-26(34)29(27(35)33(12-4-2)28(32)36)16-21-7-5-6-8-22(21)31-14-13-30(18-25(29)31)17-20-9-10-23-24(15-20)38-19-37-23/h5-10,15,25H,3-4,11-14,16-19H2,1-2H3. The highest BCUT2D eigenvalue weighted by Gasteiger charge is 2.64. The van der Waals surface area contributed by atoms with Gasteiger partial charge in [0.1, 0.15) is 0 Å². The van der Waals surface area contributed by atoms with E-state index in [-0.39, 0.29) is 24.6 Å². The number of hydrogen-bond donors (Lipinski definition) is 0. The number of para-hydroxylation sites is 1. The molecule has 0 N–H and O–H groups in total. The van der Waals surface area contributed by atoms with Gasteiger partial charge < -0.3 is 14.4 Å². The van der Waals surface area contributed by atoms with Crippen LogP contribution in [0.15, 0.2) is 42.5 Å². The number of piperazine rings is 1. The summed E-state index contributed by atoms with van der Waals surface area (Å²) in [6.45, 7) is 7.41. The molecule has 9 heteroatoms. The largest absolute Gasteiger partial charge is 0.454 e. The van der Waals surface area contributed by atoms with Crippen molar-refractivity contribution in [3.8, 4) is 11.5 Å². The first-order valence-corrected chi connectivity index (χ1v) is 13.6. The summed E-state index contributed by atoms with van der Waals surface area (Å²) in [5.41, 5.74) is 1.80. The summed E-state index contributed by atoms with van der Waals surface area (Å²) in [6.07, 6.45) is 1.58. The van der Waals surface area contributed by atoms with E-state index < -0.39 is 11.4 Å². The molecule has 2 aromatic carbocycles. The van der Waals surface area contributed by atoms with Gasteiger partial charge in [-0.1, -0.05) is 38.1 Å². The van der Waals surface area contributed by atoms with Crippen molar-refractivity contribution in [3.63, 3.8) is 0 Å². The zero-order valence-corrected chi connectivity index (χ0v) is 22.0. The maximum absolute atomic E-state index is 14.3. The van der Waals surface area contributed by atoms with E-state index in [9.17, 15) is 14.4 Å². The molecule has 1 spiro atoms. The predicted octanol–water partition coefficient (Wildman–Crippen LogP) is 3.26. The van der Waals surface area contributed by atoms with E-state index in [2.05, 4.69) is 15.9 Å². The van der Waals surface area contributed by atoms with Crippen LogP contribution in [0.4, 0.5) is 10.5 Å². The summed E-state index contributed by atoms with van der Waals surface area (Å²) < 4.78 is 11.0. The number of amides is 4. The van der Waals surface area contributed by atoms with Crippen molar-refractivity contribution in [3.05, 3.63) is 53.6 Å². The Bertz CT molecular complexity index is 1250. The van der Waals surface area contributed by atoms with Crippen molar-refractivity contribution in [2.24, 2.45) is 5.41 Å². The summed E-state index contributed by atoms with van der Waals surface area (Å²) in [4.78, 5) is 49.1. The molecule has 1 atom stereocenters. The first kappa shape index (κ1) is 24.7. The Hall–Kier alpha value is -3.59. The molecule has 0 aromatic heterocycles. The molecule has 0 saturated carbocycles. The van der Waals surface area contributed by atoms with Crippen LogP contribution in [0.3, 0.4) is 0 Å². The van der Waals surface area contributed by atoms with Gasteiger partial charge in [-0.25, -0.2) is 4.79 Å². The quantitative estimate of drug-likeness (QED) is 0.543. The highest BCUT2D eigenvalue weighted by Crippen LogP contribution is 2.47. The first-order valence-electron chi connectivity index (χ1n) is 13.6. The molecule has 1 unspecified atom stereocenters. The van der Waals surface area contributed by atoms with Crippen molar-refractivity contribution in [1.29, 1.82) is 0 Å². The average Bonchev–Trinajstić information content (AvgIpc) is 3.40. The van der Waals surface area contributed by atoms with Crippen molar-refractivity contribution < 1.29 is 23.9 Å². The van der Waals surface area contributed by atoms with Gasteiger partial charge in [-0.05, 0) is 48.6 Å². The van der Waals surface area contributed by atoms with E-state index in [1.165, 1.54) is 9.80 Å². The van der Waals surface area contributed by atoms with Gasteiger partial charge in [0.2, 0.25) is 18.6 Å². The molecule has 9 nitrogen and oxygen atoms in total. The minimum Gasteiger partial charge on any atom is -0.454 e. The van der Waals surface area contributed by atoms with Crippen LogP contribution in [-0.2, 0) is 22.6 Å². The molecule has 2 aromatic rings. The third-order valence-corrected chi connectivity index (χ3v) is 8.26. The number of hydrogen-bond acceptors (Lipinski definition) is 7. The molecule has 200 valence electrons. The number of ether oxygens (including phenoxy) is 2. The maximum Gasteiger partial charge on any atom is 0.333 e. The number of barbiturate groups is 1. The topological polar surface area (TPSA) is 82.6 Å². The SMILES string of the molecule is CCCN1C(=O)N(CCC)C(=O)C2(Cc3ccccc3N3CCN(Cc4ccc5c(c4)OCO5)CC32)C1=O. The predicted molar refractivity (Wildman–Crippen MR) is 141 cm³/mol. The zero-order chi connectivity index (χ0) is 26.4. The number of anilines is 1. The molecule has 38 heavy (non-hydrogen) atoms. The van der Waals surface area contributed by atoms with Crippen LogP contribution < -0.4 is 14.4 Å². The van der Waals surface area contributed by atoms with E-state index in [4.69, 9.17) is 9.47 Å². The number of nitrogens with zero attached hydrogens (tertiary/aromatic N) is 4. The molecule has 6 rings (SSSR count). The molecule has 0 radical (unpaired) electrons. The van der Waals surface area contributed by atoms with Gasteiger partial charge in [-0.2, -0.15) is 0 Å². The number of urea groups is 1. The van der Waals surface area contributed by atoms with Gasteiger partial charge in [0.25, 0.3) is 0 Å². The maximum atomic E-state index is 14.3. The molecular weight excluding hydrogens is 484 g/mol. The van der Waals surface area contributed by atoms with Gasteiger partial charge in [0.15, 0.2) is 16.9 Å².